The van der Waals surface area contributed by atoms with E-state index in [0.717, 1.165) is 0 Å². The standard InChI is InChI=1S/C5H11N3O3.H2O/c6-3(5(10)11)1-2-4(9)8-7;/h3H,1-2,6-7H2,(H,8,9)(H,10,11);1H2/t3-;/m0./s1. The molecule has 12 heavy (non-hydrogen) atoms. The summed E-state index contributed by atoms with van der Waals surface area (Å²) >= 11 is 0. The minimum Gasteiger partial charge on any atom is -0.480 e. The number of carbonyl (C=O) groups excluding carboxylic acids is 1. The lowest BCUT2D eigenvalue weighted by Crippen LogP contribution is -2.34. The first-order valence-electron chi connectivity index (χ1n) is 3.05. The molecular weight excluding hydrogens is 166 g/mol. The summed E-state index contributed by atoms with van der Waals surface area (Å²) in [6.07, 6.45) is 0.127. The monoisotopic (exact) mass is 179 g/mol. The smallest absolute Gasteiger partial charge is 0.320 e. The lowest BCUT2D eigenvalue weighted by Gasteiger charge is -2.03. The number of carboxylic acid groups (broad SMARTS) is 1. The van der Waals surface area contributed by atoms with Crippen LogP contribution in [0.3, 0.4) is 0 Å². The van der Waals surface area contributed by atoms with Crippen molar-refractivity contribution in [1.29, 1.82) is 0 Å². The Morgan fingerprint density at radius 1 is 1.50 bits per heavy atom. The van der Waals surface area contributed by atoms with Crippen LogP contribution < -0.4 is 17.0 Å². The third-order valence-electron chi connectivity index (χ3n) is 1.16. The largest absolute Gasteiger partial charge is 0.480 e. The SMILES string of the molecule is NNC(=O)CC[C@H](N)C(=O)O.O. The van der Waals surface area contributed by atoms with Crippen LogP contribution >= 0.6 is 0 Å². The lowest BCUT2D eigenvalue weighted by atomic mass is 10.2. The van der Waals surface area contributed by atoms with E-state index in [1.165, 1.54) is 0 Å². The molecule has 7 nitrogen and oxygen atoms in total. The molecule has 1 atom stereocenters. The molecule has 0 aromatic carbocycles. The van der Waals surface area contributed by atoms with Gasteiger partial charge < -0.3 is 16.3 Å². The van der Waals surface area contributed by atoms with Crippen LogP contribution in [0.5, 0.6) is 0 Å². The van der Waals surface area contributed by atoms with E-state index in [1.807, 2.05) is 5.43 Å². The molecular formula is C5H13N3O4. The van der Waals surface area contributed by atoms with Crippen molar-refractivity contribution in [2.75, 3.05) is 0 Å². The molecule has 0 rings (SSSR count). The van der Waals surface area contributed by atoms with Crippen molar-refractivity contribution in [2.45, 2.75) is 18.9 Å². The van der Waals surface area contributed by atoms with Crippen LogP contribution in [0.2, 0.25) is 0 Å². The van der Waals surface area contributed by atoms with Gasteiger partial charge in [-0.2, -0.15) is 0 Å². The molecule has 0 aliphatic heterocycles. The zero-order valence-corrected chi connectivity index (χ0v) is 6.41. The van der Waals surface area contributed by atoms with Gasteiger partial charge in [-0.25, -0.2) is 5.84 Å². The molecule has 0 saturated heterocycles. The molecule has 0 bridgehead atoms. The number of rotatable bonds is 4. The molecule has 0 spiro atoms. The van der Waals surface area contributed by atoms with Crippen molar-refractivity contribution in [1.82, 2.24) is 5.43 Å². The highest BCUT2D eigenvalue weighted by Crippen LogP contribution is 1.93. The van der Waals surface area contributed by atoms with Gasteiger partial charge >= 0.3 is 5.97 Å². The van der Waals surface area contributed by atoms with E-state index in [4.69, 9.17) is 16.7 Å². The maximum Gasteiger partial charge on any atom is 0.320 e. The van der Waals surface area contributed by atoms with Crippen molar-refractivity contribution in [3.05, 3.63) is 0 Å². The molecule has 0 aromatic heterocycles. The van der Waals surface area contributed by atoms with E-state index in [-0.39, 0.29) is 18.3 Å². The molecule has 0 fully saturated rings. The van der Waals surface area contributed by atoms with Crippen molar-refractivity contribution in [3.8, 4) is 0 Å². The summed E-state index contributed by atoms with van der Waals surface area (Å²) in [6.45, 7) is 0. The molecule has 0 aromatic rings. The maximum absolute atomic E-state index is 10.5. The van der Waals surface area contributed by atoms with Gasteiger partial charge in [0, 0.05) is 6.42 Å². The van der Waals surface area contributed by atoms with Gasteiger partial charge in [-0.1, -0.05) is 0 Å². The van der Waals surface area contributed by atoms with Gasteiger partial charge in [0.05, 0.1) is 0 Å². The first-order valence-corrected chi connectivity index (χ1v) is 3.05. The highest BCUT2D eigenvalue weighted by atomic mass is 16.4. The number of hydrogen-bond acceptors (Lipinski definition) is 4. The average Bonchev–Trinajstić information content (AvgIpc) is 1.99. The van der Waals surface area contributed by atoms with Crippen molar-refractivity contribution >= 4 is 11.9 Å². The van der Waals surface area contributed by atoms with E-state index < -0.39 is 17.9 Å². The Labute approximate surface area is 69.0 Å². The van der Waals surface area contributed by atoms with E-state index in [0.29, 0.717) is 0 Å². The topological polar surface area (TPSA) is 150 Å². The van der Waals surface area contributed by atoms with Gasteiger partial charge in [0.15, 0.2) is 0 Å². The molecule has 0 heterocycles. The molecule has 8 N–H and O–H groups in total. The Morgan fingerprint density at radius 2 is 2.00 bits per heavy atom. The zero-order valence-electron chi connectivity index (χ0n) is 6.41. The van der Waals surface area contributed by atoms with Gasteiger partial charge in [-0.15, -0.1) is 0 Å². The fraction of sp³-hybridized carbons (Fsp3) is 0.600. The fourth-order valence-electron chi connectivity index (χ4n) is 0.482. The first kappa shape index (κ1) is 13.4. The number of hydrazine groups is 1. The van der Waals surface area contributed by atoms with E-state index in [9.17, 15) is 9.59 Å². The zero-order chi connectivity index (χ0) is 8.85. The van der Waals surface area contributed by atoms with Crippen LogP contribution in [0.4, 0.5) is 0 Å². The molecule has 1 amide bonds. The Balaban J connectivity index is 0. The molecule has 72 valence electrons. The first-order chi connectivity index (χ1) is 5.07. The molecule has 7 heteroatoms. The second-order valence-electron chi connectivity index (χ2n) is 2.05. The summed E-state index contributed by atoms with van der Waals surface area (Å²) in [5, 5.41) is 8.28. The summed E-state index contributed by atoms with van der Waals surface area (Å²) in [4.78, 5) is 20.6. The van der Waals surface area contributed by atoms with Crippen LogP contribution in [0.15, 0.2) is 0 Å². The van der Waals surface area contributed by atoms with Crippen molar-refractivity contribution in [3.63, 3.8) is 0 Å². The minimum atomic E-state index is -1.12. The predicted octanol–water partition coefficient (Wildman–Crippen LogP) is -2.66. The average molecular weight is 179 g/mol. The van der Waals surface area contributed by atoms with Crippen LogP contribution in [0.1, 0.15) is 12.8 Å². The Kier molecular flexibility index (Phi) is 7.29. The summed E-state index contributed by atoms with van der Waals surface area (Å²) in [5.74, 6) is 3.22. The van der Waals surface area contributed by atoms with Crippen molar-refractivity contribution in [2.24, 2.45) is 11.6 Å². The van der Waals surface area contributed by atoms with Crippen LogP contribution in [0, 0.1) is 0 Å². The van der Waals surface area contributed by atoms with Gasteiger partial charge in [-0.3, -0.25) is 15.0 Å². The summed E-state index contributed by atoms with van der Waals surface area (Å²) in [7, 11) is 0. The molecule has 0 radical (unpaired) electrons. The van der Waals surface area contributed by atoms with E-state index >= 15 is 0 Å². The van der Waals surface area contributed by atoms with Gasteiger partial charge in [0.2, 0.25) is 5.91 Å². The molecule has 0 aliphatic carbocycles. The van der Waals surface area contributed by atoms with Crippen LogP contribution in [-0.2, 0) is 9.59 Å². The number of aliphatic carboxylic acids is 1. The number of carboxylic acids is 1. The second-order valence-corrected chi connectivity index (χ2v) is 2.05. The summed E-state index contributed by atoms with van der Waals surface area (Å²) < 4.78 is 0. The number of amides is 1. The van der Waals surface area contributed by atoms with Crippen molar-refractivity contribution < 1.29 is 20.2 Å². The second kappa shape index (κ2) is 6.53. The van der Waals surface area contributed by atoms with Gasteiger partial charge in [0.1, 0.15) is 6.04 Å². The summed E-state index contributed by atoms with van der Waals surface area (Å²) in [5.41, 5.74) is 6.97. The predicted molar refractivity (Wildman–Crippen MR) is 40.8 cm³/mol. The van der Waals surface area contributed by atoms with Gasteiger partial charge in [0.25, 0.3) is 0 Å². The summed E-state index contributed by atoms with van der Waals surface area (Å²) in [6, 6.07) is -0.993. The molecule has 0 aliphatic rings. The van der Waals surface area contributed by atoms with E-state index in [1.54, 1.807) is 0 Å². The van der Waals surface area contributed by atoms with Crippen LogP contribution in [0.25, 0.3) is 0 Å². The maximum atomic E-state index is 10.5. The van der Waals surface area contributed by atoms with E-state index in [2.05, 4.69) is 0 Å². The molecule has 0 unspecified atom stereocenters. The lowest BCUT2D eigenvalue weighted by molar-refractivity contribution is -0.138. The highest BCUT2D eigenvalue weighted by Gasteiger charge is 2.12. The van der Waals surface area contributed by atoms with Gasteiger partial charge in [-0.05, 0) is 6.42 Å². The number of nitrogens with two attached hydrogens (primary N) is 2. The highest BCUT2D eigenvalue weighted by molar-refractivity contribution is 5.77. The Bertz CT molecular complexity index is 161. The number of nitrogens with one attached hydrogen (secondary N) is 1. The Morgan fingerprint density at radius 3 is 2.33 bits per heavy atom. The third-order valence-corrected chi connectivity index (χ3v) is 1.16. The fourth-order valence-corrected chi connectivity index (χ4v) is 0.482. The number of hydrogen-bond donors (Lipinski definition) is 4. The molecule has 0 saturated carbocycles. The Hall–Kier alpha value is -1.18. The quantitative estimate of drug-likeness (QED) is 0.211. The van der Waals surface area contributed by atoms with Crippen LogP contribution in [-0.4, -0.2) is 28.5 Å². The third kappa shape index (κ3) is 5.59. The minimum absolute atomic E-state index is 0. The number of carbonyl (C=O) groups is 2. The normalized spacial score (nSPS) is 11.2.